The third-order valence-electron chi connectivity index (χ3n) is 2.55. The Bertz CT molecular complexity index is 675. The Hall–Kier alpha value is -2.01. The number of H-pyrrole nitrogens is 1. The van der Waals surface area contributed by atoms with Crippen LogP contribution in [0.4, 0.5) is 10.1 Å². The molecule has 3 rings (SSSR count). The molecular weight excluding hydrogens is 249 g/mol. The molecule has 18 heavy (non-hydrogen) atoms. The van der Waals surface area contributed by atoms with E-state index in [2.05, 4.69) is 9.97 Å². The number of aromatic amines is 1. The average Bonchev–Trinajstić information content (AvgIpc) is 2.76. The molecule has 0 aliphatic heterocycles. The van der Waals surface area contributed by atoms with Gasteiger partial charge < -0.3 is 10.7 Å². The zero-order valence-electron chi connectivity index (χ0n) is 9.35. The molecule has 3 N–H and O–H groups in total. The molecule has 3 aromatic rings. The summed E-state index contributed by atoms with van der Waals surface area (Å²) in [5, 5.41) is 0.702. The van der Waals surface area contributed by atoms with Crippen LogP contribution < -0.4 is 5.73 Å². The average molecular weight is 259 g/mol. The summed E-state index contributed by atoms with van der Waals surface area (Å²) in [6.07, 6.45) is 0. The predicted octanol–water partition coefficient (Wildman–Crippen LogP) is 3.44. The molecular formula is C13H10FN3S. The van der Waals surface area contributed by atoms with Crippen LogP contribution in [0.15, 0.2) is 52.5 Å². The highest BCUT2D eigenvalue weighted by molar-refractivity contribution is 7.99. The number of nitrogens with two attached hydrogens (primary N) is 1. The predicted molar refractivity (Wildman–Crippen MR) is 71.0 cm³/mol. The fourth-order valence-electron chi connectivity index (χ4n) is 1.68. The fraction of sp³-hybridized carbons (Fsp3) is 0. The molecule has 0 bridgehead atoms. The van der Waals surface area contributed by atoms with Gasteiger partial charge in [0.25, 0.3) is 0 Å². The van der Waals surface area contributed by atoms with Crippen LogP contribution in [0, 0.1) is 5.82 Å². The molecule has 90 valence electrons. The van der Waals surface area contributed by atoms with Gasteiger partial charge >= 0.3 is 0 Å². The highest BCUT2D eigenvalue weighted by atomic mass is 32.2. The van der Waals surface area contributed by atoms with Crippen LogP contribution in [0.25, 0.3) is 11.0 Å². The van der Waals surface area contributed by atoms with Gasteiger partial charge in [-0.2, -0.15) is 0 Å². The molecule has 2 aromatic carbocycles. The summed E-state index contributed by atoms with van der Waals surface area (Å²) >= 11 is 1.32. The number of rotatable bonds is 2. The van der Waals surface area contributed by atoms with Crippen LogP contribution in [-0.2, 0) is 0 Å². The number of nitrogens with zero attached hydrogens (tertiary/aromatic N) is 1. The first-order valence-corrected chi connectivity index (χ1v) is 6.21. The molecule has 3 nitrogen and oxygen atoms in total. The van der Waals surface area contributed by atoms with Gasteiger partial charge in [-0.15, -0.1) is 0 Å². The van der Waals surface area contributed by atoms with Crippen molar-refractivity contribution < 1.29 is 4.39 Å². The Morgan fingerprint density at radius 3 is 2.83 bits per heavy atom. The monoisotopic (exact) mass is 259 g/mol. The van der Waals surface area contributed by atoms with Gasteiger partial charge in [0.05, 0.1) is 11.0 Å². The maximum atomic E-state index is 13.2. The molecule has 0 saturated carbocycles. The van der Waals surface area contributed by atoms with Crippen LogP contribution in [-0.4, -0.2) is 9.97 Å². The first-order chi connectivity index (χ1) is 8.72. The lowest BCUT2D eigenvalue weighted by Gasteiger charge is -2.02. The Kier molecular flexibility index (Phi) is 2.68. The van der Waals surface area contributed by atoms with Crippen LogP contribution in [0.5, 0.6) is 0 Å². The molecule has 1 heterocycles. The van der Waals surface area contributed by atoms with Crippen molar-refractivity contribution in [2.75, 3.05) is 5.73 Å². The van der Waals surface area contributed by atoms with E-state index in [4.69, 9.17) is 5.73 Å². The molecule has 5 heteroatoms. The van der Waals surface area contributed by atoms with Crippen molar-refractivity contribution in [3.8, 4) is 0 Å². The van der Waals surface area contributed by atoms with Crippen LogP contribution in [0.1, 0.15) is 0 Å². The van der Waals surface area contributed by atoms with E-state index >= 15 is 0 Å². The standard InChI is InChI=1S/C13H10FN3S/c14-8-5-6-9(15)12(7-8)18-13-16-10-3-1-2-4-11(10)17-13/h1-7H,15H2,(H,16,17). The molecule has 1 aromatic heterocycles. The summed E-state index contributed by atoms with van der Waals surface area (Å²) in [4.78, 5) is 8.23. The summed E-state index contributed by atoms with van der Waals surface area (Å²) in [6.45, 7) is 0. The molecule has 0 radical (unpaired) electrons. The number of nitrogens with one attached hydrogen (secondary N) is 1. The molecule has 0 atom stereocenters. The van der Waals surface area contributed by atoms with E-state index in [0.29, 0.717) is 15.7 Å². The fourth-order valence-corrected chi connectivity index (χ4v) is 2.55. The van der Waals surface area contributed by atoms with Crippen LogP contribution in [0.2, 0.25) is 0 Å². The zero-order chi connectivity index (χ0) is 12.5. The van der Waals surface area contributed by atoms with E-state index in [1.54, 1.807) is 6.07 Å². The summed E-state index contributed by atoms with van der Waals surface area (Å²) in [6, 6.07) is 12.0. The number of anilines is 1. The molecule has 0 fully saturated rings. The first-order valence-electron chi connectivity index (χ1n) is 5.40. The molecule has 0 spiro atoms. The molecule has 0 unspecified atom stereocenters. The Morgan fingerprint density at radius 2 is 2.00 bits per heavy atom. The molecule has 0 amide bonds. The van der Waals surface area contributed by atoms with Gasteiger partial charge in [0.15, 0.2) is 5.16 Å². The van der Waals surface area contributed by atoms with Crippen molar-refractivity contribution in [2.24, 2.45) is 0 Å². The minimum Gasteiger partial charge on any atom is -0.398 e. The Morgan fingerprint density at radius 1 is 1.17 bits per heavy atom. The van der Waals surface area contributed by atoms with Crippen molar-refractivity contribution in [3.05, 3.63) is 48.3 Å². The minimum atomic E-state index is -0.303. The second-order valence-corrected chi connectivity index (χ2v) is 4.87. The summed E-state index contributed by atoms with van der Waals surface area (Å²) in [5.74, 6) is -0.303. The maximum Gasteiger partial charge on any atom is 0.171 e. The number of para-hydroxylation sites is 2. The topological polar surface area (TPSA) is 54.7 Å². The van der Waals surface area contributed by atoms with Gasteiger partial charge in [0, 0.05) is 10.6 Å². The number of aromatic nitrogens is 2. The van der Waals surface area contributed by atoms with Gasteiger partial charge in [0.1, 0.15) is 5.82 Å². The number of benzene rings is 2. The second-order valence-electron chi connectivity index (χ2n) is 3.84. The number of hydrogen-bond donors (Lipinski definition) is 2. The lowest BCUT2D eigenvalue weighted by molar-refractivity contribution is 0.624. The summed E-state index contributed by atoms with van der Waals surface area (Å²) < 4.78 is 13.2. The van der Waals surface area contributed by atoms with Crippen LogP contribution >= 0.6 is 11.8 Å². The van der Waals surface area contributed by atoms with Gasteiger partial charge in [-0.1, -0.05) is 12.1 Å². The van der Waals surface area contributed by atoms with Gasteiger partial charge in [-0.05, 0) is 42.1 Å². The van der Waals surface area contributed by atoms with Gasteiger partial charge in [-0.3, -0.25) is 0 Å². The smallest absolute Gasteiger partial charge is 0.171 e. The third-order valence-corrected chi connectivity index (χ3v) is 3.51. The van der Waals surface area contributed by atoms with E-state index in [1.807, 2.05) is 24.3 Å². The lowest BCUT2D eigenvalue weighted by Crippen LogP contribution is -1.89. The van der Waals surface area contributed by atoms with Crippen molar-refractivity contribution in [2.45, 2.75) is 10.1 Å². The third kappa shape index (κ3) is 2.04. The number of imidazole rings is 1. The highest BCUT2D eigenvalue weighted by Gasteiger charge is 2.07. The van der Waals surface area contributed by atoms with Gasteiger partial charge in [0.2, 0.25) is 0 Å². The van der Waals surface area contributed by atoms with Crippen molar-refractivity contribution >= 4 is 28.5 Å². The van der Waals surface area contributed by atoms with Crippen molar-refractivity contribution in [3.63, 3.8) is 0 Å². The summed E-state index contributed by atoms with van der Waals surface area (Å²) in [5.41, 5.74) is 8.18. The Balaban J connectivity index is 1.98. The van der Waals surface area contributed by atoms with E-state index in [0.717, 1.165) is 11.0 Å². The molecule has 0 saturated heterocycles. The normalized spacial score (nSPS) is 10.9. The molecule has 0 aliphatic rings. The lowest BCUT2D eigenvalue weighted by atomic mass is 10.3. The zero-order valence-corrected chi connectivity index (χ0v) is 10.2. The van der Waals surface area contributed by atoms with E-state index in [1.165, 1.54) is 23.9 Å². The van der Waals surface area contributed by atoms with Crippen molar-refractivity contribution in [1.82, 2.24) is 9.97 Å². The number of halogens is 1. The van der Waals surface area contributed by atoms with Gasteiger partial charge in [-0.25, -0.2) is 9.37 Å². The largest absolute Gasteiger partial charge is 0.398 e. The summed E-state index contributed by atoms with van der Waals surface area (Å²) in [7, 11) is 0. The quantitative estimate of drug-likeness (QED) is 0.693. The van der Waals surface area contributed by atoms with Crippen molar-refractivity contribution in [1.29, 1.82) is 0 Å². The van der Waals surface area contributed by atoms with Crippen LogP contribution in [0.3, 0.4) is 0 Å². The molecule has 0 aliphatic carbocycles. The number of fused-ring (bicyclic) bond motifs is 1. The first kappa shape index (κ1) is 11.1. The van der Waals surface area contributed by atoms with E-state index < -0.39 is 0 Å². The SMILES string of the molecule is Nc1ccc(F)cc1Sc1nc2ccccc2[nH]1. The minimum absolute atomic E-state index is 0.303. The van der Waals surface area contributed by atoms with E-state index in [9.17, 15) is 4.39 Å². The Labute approximate surface area is 107 Å². The highest BCUT2D eigenvalue weighted by Crippen LogP contribution is 2.31. The number of nitrogen functional groups attached to an aromatic ring is 1. The van der Waals surface area contributed by atoms with E-state index in [-0.39, 0.29) is 5.82 Å². The second kappa shape index (κ2) is 4.34. The number of hydrogen-bond acceptors (Lipinski definition) is 3. The maximum absolute atomic E-state index is 13.2.